The van der Waals surface area contributed by atoms with Crippen molar-refractivity contribution >= 4 is 0 Å². The molecule has 4 atom stereocenters. The van der Waals surface area contributed by atoms with E-state index in [1.807, 2.05) is 0 Å². The van der Waals surface area contributed by atoms with Crippen LogP contribution in [0, 0.1) is 11.3 Å². The summed E-state index contributed by atoms with van der Waals surface area (Å²) in [5, 5.41) is 9.22. The summed E-state index contributed by atoms with van der Waals surface area (Å²) in [5.74, 6) is 0.521. The molecule has 3 nitrogen and oxygen atoms in total. The highest BCUT2D eigenvalue weighted by atomic mass is 16.5. The largest absolute Gasteiger partial charge is 0.396 e. The van der Waals surface area contributed by atoms with Crippen LogP contribution in [0.1, 0.15) is 26.2 Å². The molecular formula is C10H19NO2. The zero-order valence-electron chi connectivity index (χ0n) is 8.20. The average Bonchev–Trinajstić information content (AvgIpc) is 2.74. The molecule has 0 spiro atoms. The molecule has 1 saturated carbocycles. The third kappa shape index (κ3) is 1.49. The lowest BCUT2D eigenvalue weighted by atomic mass is 10.0. The molecular weight excluding hydrogens is 166 g/mol. The molecule has 0 aromatic rings. The number of aliphatic hydroxyl groups excluding tert-OH is 1. The Morgan fingerprint density at radius 3 is 2.69 bits per heavy atom. The maximum Gasteiger partial charge on any atom is 0.0614 e. The monoisotopic (exact) mass is 185 g/mol. The third-order valence-electron chi connectivity index (χ3n) is 3.69. The molecule has 1 aliphatic carbocycles. The molecule has 0 radical (unpaired) electrons. The Hall–Kier alpha value is -0.120. The van der Waals surface area contributed by atoms with Gasteiger partial charge in [-0.25, -0.2) is 0 Å². The van der Waals surface area contributed by atoms with Crippen LogP contribution in [-0.2, 0) is 4.74 Å². The minimum Gasteiger partial charge on any atom is -0.396 e. The van der Waals surface area contributed by atoms with Gasteiger partial charge in [-0.1, -0.05) is 0 Å². The maximum absolute atomic E-state index is 9.22. The van der Waals surface area contributed by atoms with Crippen molar-refractivity contribution in [1.82, 2.24) is 0 Å². The Morgan fingerprint density at radius 1 is 1.54 bits per heavy atom. The minimum absolute atomic E-state index is 0.00866. The minimum atomic E-state index is 0.00866. The summed E-state index contributed by atoms with van der Waals surface area (Å²) in [4.78, 5) is 0. The summed E-state index contributed by atoms with van der Waals surface area (Å²) in [7, 11) is 0. The van der Waals surface area contributed by atoms with Crippen molar-refractivity contribution in [2.45, 2.75) is 38.4 Å². The zero-order valence-corrected chi connectivity index (χ0v) is 8.20. The van der Waals surface area contributed by atoms with Gasteiger partial charge >= 0.3 is 0 Å². The lowest BCUT2D eigenvalue weighted by Gasteiger charge is -2.16. The van der Waals surface area contributed by atoms with Crippen LogP contribution in [0.3, 0.4) is 0 Å². The summed E-state index contributed by atoms with van der Waals surface area (Å²) in [5.41, 5.74) is 5.67. The van der Waals surface area contributed by atoms with Gasteiger partial charge in [-0.05, 0) is 32.1 Å². The fourth-order valence-corrected chi connectivity index (χ4v) is 2.52. The Kier molecular flexibility index (Phi) is 2.34. The number of rotatable bonds is 3. The summed E-state index contributed by atoms with van der Waals surface area (Å²) in [6.45, 7) is 2.94. The van der Waals surface area contributed by atoms with Crippen LogP contribution in [0.4, 0.5) is 0 Å². The van der Waals surface area contributed by atoms with E-state index in [9.17, 15) is 5.11 Å². The normalized spacial score (nSPS) is 49.6. The molecule has 2 fully saturated rings. The van der Waals surface area contributed by atoms with Gasteiger partial charge in [0.05, 0.1) is 18.8 Å². The molecule has 13 heavy (non-hydrogen) atoms. The van der Waals surface area contributed by atoms with E-state index < -0.39 is 0 Å². The van der Waals surface area contributed by atoms with E-state index in [1.165, 1.54) is 0 Å². The predicted octanol–water partition coefficient (Wildman–Crippen LogP) is 0.511. The number of nitrogens with two attached hydrogens (primary N) is 1. The summed E-state index contributed by atoms with van der Waals surface area (Å²) < 4.78 is 5.78. The van der Waals surface area contributed by atoms with Crippen molar-refractivity contribution in [3.63, 3.8) is 0 Å². The van der Waals surface area contributed by atoms with Crippen LogP contribution in [0.2, 0.25) is 0 Å². The van der Waals surface area contributed by atoms with Crippen molar-refractivity contribution in [3.8, 4) is 0 Å². The molecule has 76 valence electrons. The molecule has 4 unspecified atom stereocenters. The smallest absolute Gasteiger partial charge is 0.0614 e. The fourth-order valence-electron chi connectivity index (χ4n) is 2.52. The molecule has 1 heterocycles. The first-order valence-corrected chi connectivity index (χ1v) is 5.18. The second-order valence-corrected chi connectivity index (χ2v) is 4.60. The summed E-state index contributed by atoms with van der Waals surface area (Å²) in [6.07, 6.45) is 4.13. The van der Waals surface area contributed by atoms with E-state index in [0.717, 1.165) is 19.3 Å². The lowest BCUT2D eigenvalue weighted by molar-refractivity contribution is 0.0289. The van der Waals surface area contributed by atoms with E-state index >= 15 is 0 Å². The van der Waals surface area contributed by atoms with E-state index in [4.69, 9.17) is 10.5 Å². The molecule has 0 aromatic heterocycles. The van der Waals surface area contributed by atoms with Crippen LogP contribution < -0.4 is 5.73 Å². The van der Waals surface area contributed by atoms with Crippen molar-refractivity contribution in [3.05, 3.63) is 0 Å². The second kappa shape index (κ2) is 3.23. The third-order valence-corrected chi connectivity index (χ3v) is 3.69. The van der Waals surface area contributed by atoms with Gasteiger partial charge in [0.15, 0.2) is 0 Å². The van der Waals surface area contributed by atoms with E-state index in [1.54, 1.807) is 0 Å². The second-order valence-electron chi connectivity index (χ2n) is 4.60. The molecule has 0 bridgehead atoms. The van der Waals surface area contributed by atoms with E-state index in [-0.39, 0.29) is 12.0 Å². The predicted molar refractivity (Wildman–Crippen MR) is 50.2 cm³/mol. The SMILES string of the molecule is CC1CCC(C2CC2(CN)CO)O1. The Morgan fingerprint density at radius 2 is 2.31 bits per heavy atom. The van der Waals surface area contributed by atoms with Gasteiger partial charge in [-0.3, -0.25) is 0 Å². The van der Waals surface area contributed by atoms with Crippen LogP contribution >= 0.6 is 0 Å². The first kappa shape index (κ1) is 9.44. The van der Waals surface area contributed by atoms with Gasteiger partial charge in [0.25, 0.3) is 0 Å². The van der Waals surface area contributed by atoms with Crippen LogP contribution in [-0.4, -0.2) is 30.5 Å². The molecule has 2 aliphatic rings. The highest BCUT2D eigenvalue weighted by molar-refractivity contribution is 5.07. The quantitative estimate of drug-likeness (QED) is 0.673. The van der Waals surface area contributed by atoms with Crippen LogP contribution in [0.25, 0.3) is 0 Å². The molecule has 0 aromatic carbocycles. The highest BCUT2D eigenvalue weighted by Crippen LogP contribution is 2.56. The lowest BCUT2D eigenvalue weighted by Crippen LogP contribution is -2.26. The van der Waals surface area contributed by atoms with Crippen LogP contribution in [0.5, 0.6) is 0 Å². The fraction of sp³-hybridized carbons (Fsp3) is 1.00. The number of aliphatic hydroxyl groups is 1. The Balaban J connectivity index is 1.91. The average molecular weight is 185 g/mol. The van der Waals surface area contributed by atoms with Crippen molar-refractivity contribution in [2.75, 3.05) is 13.2 Å². The van der Waals surface area contributed by atoms with Gasteiger partial charge in [0.2, 0.25) is 0 Å². The summed E-state index contributed by atoms with van der Waals surface area (Å²) in [6, 6.07) is 0. The standard InChI is InChI=1S/C10H19NO2/c1-7-2-3-9(13-7)8-4-10(8,5-11)6-12/h7-9,12H,2-6,11H2,1H3. The highest BCUT2D eigenvalue weighted by Gasteiger charge is 2.57. The topological polar surface area (TPSA) is 55.5 Å². The number of hydrogen-bond donors (Lipinski definition) is 2. The molecule has 3 heteroatoms. The first-order chi connectivity index (χ1) is 6.22. The number of hydrogen-bond acceptors (Lipinski definition) is 3. The van der Waals surface area contributed by atoms with Gasteiger partial charge in [-0.2, -0.15) is 0 Å². The van der Waals surface area contributed by atoms with Gasteiger partial charge in [-0.15, -0.1) is 0 Å². The van der Waals surface area contributed by atoms with Gasteiger partial charge < -0.3 is 15.6 Å². The molecule has 1 saturated heterocycles. The first-order valence-electron chi connectivity index (χ1n) is 5.18. The molecule has 1 aliphatic heterocycles. The van der Waals surface area contributed by atoms with E-state index in [2.05, 4.69) is 6.92 Å². The maximum atomic E-state index is 9.22. The number of ether oxygens (including phenoxy) is 1. The zero-order chi connectivity index (χ0) is 9.47. The van der Waals surface area contributed by atoms with Crippen molar-refractivity contribution < 1.29 is 9.84 Å². The summed E-state index contributed by atoms with van der Waals surface area (Å²) >= 11 is 0. The molecule has 2 rings (SSSR count). The molecule has 0 amide bonds. The van der Waals surface area contributed by atoms with Gasteiger partial charge in [0.1, 0.15) is 0 Å². The Labute approximate surface area is 79.3 Å². The van der Waals surface area contributed by atoms with Crippen molar-refractivity contribution in [1.29, 1.82) is 0 Å². The van der Waals surface area contributed by atoms with Crippen molar-refractivity contribution in [2.24, 2.45) is 17.1 Å². The van der Waals surface area contributed by atoms with E-state index in [0.29, 0.717) is 24.7 Å². The molecule has 3 N–H and O–H groups in total. The van der Waals surface area contributed by atoms with Crippen LogP contribution in [0.15, 0.2) is 0 Å². The Bertz CT molecular complexity index is 191. The van der Waals surface area contributed by atoms with Gasteiger partial charge in [0, 0.05) is 12.0 Å².